The summed E-state index contributed by atoms with van der Waals surface area (Å²) in [5.41, 5.74) is 2.05. The van der Waals surface area contributed by atoms with Gasteiger partial charge in [0.2, 0.25) is 0 Å². The van der Waals surface area contributed by atoms with Crippen LogP contribution in [-0.2, 0) is 17.1 Å². The van der Waals surface area contributed by atoms with Crippen LogP contribution in [-0.4, -0.2) is 23.8 Å². The Labute approximate surface area is 152 Å². The van der Waals surface area contributed by atoms with Gasteiger partial charge >= 0.3 is 0 Å². The Morgan fingerprint density at radius 2 is 1.93 bits per heavy atom. The number of halogens is 1. The first-order chi connectivity index (χ1) is 12.7. The Hall–Kier alpha value is -3.31. The molecule has 0 aliphatic carbocycles. The van der Waals surface area contributed by atoms with Crippen LogP contribution in [0.5, 0.6) is 0 Å². The number of sulfonamides is 1. The normalized spacial score (nSPS) is 11.5. The summed E-state index contributed by atoms with van der Waals surface area (Å²) in [5, 5.41) is 11.6. The zero-order valence-electron chi connectivity index (χ0n) is 13.8. The number of benzene rings is 2. The quantitative estimate of drug-likeness (QED) is 0.507. The van der Waals surface area contributed by atoms with Crippen LogP contribution >= 0.6 is 0 Å². The van der Waals surface area contributed by atoms with Gasteiger partial charge in [0.05, 0.1) is 16.6 Å². The van der Waals surface area contributed by atoms with Crippen LogP contribution in [0.1, 0.15) is 10.4 Å². The zero-order valence-corrected chi connectivity index (χ0v) is 14.7. The predicted molar refractivity (Wildman–Crippen MR) is 93.8 cm³/mol. The van der Waals surface area contributed by atoms with E-state index in [4.69, 9.17) is 0 Å². The number of aromatic nitrogens is 1. The SMILES string of the molecule is Cn1cc(C(=O)NNS(=O)(=O)c2ccc(F)cc2[N+](=O)[O-])c2ccccc21. The fourth-order valence-corrected chi connectivity index (χ4v) is 3.61. The Bertz CT molecular complexity index is 1170. The van der Waals surface area contributed by atoms with E-state index >= 15 is 0 Å². The molecule has 0 unspecified atom stereocenters. The van der Waals surface area contributed by atoms with Gasteiger partial charge in [-0.15, -0.1) is 4.83 Å². The highest BCUT2D eigenvalue weighted by molar-refractivity contribution is 7.89. The Kier molecular flexibility index (Phi) is 4.64. The van der Waals surface area contributed by atoms with Crippen LogP contribution in [0, 0.1) is 15.9 Å². The number of rotatable bonds is 5. The molecule has 2 aromatic carbocycles. The summed E-state index contributed by atoms with van der Waals surface area (Å²) in [5.74, 6) is -1.71. The van der Waals surface area contributed by atoms with E-state index in [0.717, 1.165) is 17.6 Å². The number of fused-ring (bicyclic) bond motifs is 1. The molecule has 0 atom stereocenters. The lowest BCUT2D eigenvalue weighted by molar-refractivity contribution is -0.388. The number of para-hydroxylation sites is 1. The molecule has 2 N–H and O–H groups in total. The molecule has 0 aliphatic heterocycles. The lowest BCUT2D eigenvalue weighted by Gasteiger charge is -2.08. The van der Waals surface area contributed by atoms with Crippen molar-refractivity contribution in [2.75, 3.05) is 0 Å². The van der Waals surface area contributed by atoms with Crippen LogP contribution in [0.15, 0.2) is 53.6 Å². The van der Waals surface area contributed by atoms with Crippen LogP contribution in [0.25, 0.3) is 10.9 Å². The number of amides is 1. The van der Waals surface area contributed by atoms with Crippen molar-refractivity contribution in [1.82, 2.24) is 14.8 Å². The molecule has 9 nitrogen and oxygen atoms in total. The van der Waals surface area contributed by atoms with E-state index < -0.39 is 37.3 Å². The number of nitrogens with one attached hydrogen (secondary N) is 2. The lowest BCUT2D eigenvalue weighted by atomic mass is 10.2. The van der Waals surface area contributed by atoms with Crippen LogP contribution in [0.2, 0.25) is 0 Å². The molecule has 0 saturated heterocycles. The topological polar surface area (TPSA) is 123 Å². The first kappa shape index (κ1) is 18.5. The van der Waals surface area contributed by atoms with E-state index in [2.05, 4.69) is 0 Å². The highest BCUT2D eigenvalue weighted by Gasteiger charge is 2.27. The minimum Gasteiger partial charge on any atom is -0.350 e. The van der Waals surface area contributed by atoms with Crippen LogP contribution in [0.4, 0.5) is 10.1 Å². The fourth-order valence-electron chi connectivity index (χ4n) is 2.62. The Balaban J connectivity index is 1.88. The molecule has 0 bridgehead atoms. The van der Waals surface area contributed by atoms with Gasteiger partial charge in [0, 0.05) is 24.1 Å². The van der Waals surface area contributed by atoms with Crippen LogP contribution in [0.3, 0.4) is 0 Å². The van der Waals surface area contributed by atoms with E-state index in [1.54, 1.807) is 40.7 Å². The number of hydrogen-bond acceptors (Lipinski definition) is 5. The van der Waals surface area contributed by atoms with E-state index in [0.29, 0.717) is 11.5 Å². The minimum atomic E-state index is -4.50. The average Bonchev–Trinajstić information content (AvgIpc) is 2.97. The minimum absolute atomic E-state index is 0.212. The maximum atomic E-state index is 13.2. The molecule has 11 heteroatoms. The van der Waals surface area contributed by atoms with Gasteiger partial charge in [-0.25, -0.2) is 12.8 Å². The molecule has 3 aromatic rings. The van der Waals surface area contributed by atoms with Crippen molar-refractivity contribution in [3.63, 3.8) is 0 Å². The second kappa shape index (κ2) is 6.78. The molecule has 1 heterocycles. The lowest BCUT2D eigenvalue weighted by Crippen LogP contribution is -2.41. The van der Waals surface area contributed by atoms with E-state index in [-0.39, 0.29) is 5.56 Å². The standard InChI is InChI=1S/C16H13FN4O5S/c1-20-9-12(11-4-2-3-5-13(11)20)16(22)18-19-27(25,26)15-7-6-10(17)8-14(15)21(23)24/h2-9,19H,1H3,(H,18,22). The smallest absolute Gasteiger partial charge is 0.292 e. The maximum Gasteiger partial charge on any atom is 0.292 e. The summed E-state index contributed by atoms with van der Waals surface area (Å²) in [6, 6.07) is 9.02. The molecule has 0 radical (unpaired) electrons. The average molecular weight is 392 g/mol. The highest BCUT2D eigenvalue weighted by Crippen LogP contribution is 2.24. The summed E-state index contributed by atoms with van der Waals surface area (Å²) >= 11 is 0. The number of nitro benzene ring substituents is 1. The third kappa shape index (κ3) is 3.50. The van der Waals surface area contributed by atoms with Crippen LogP contribution < -0.4 is 10.3 Å². The summed E-state index contributed by atoms with van der Waals surface area (Å²) < 4.78 is 39.5. The van der Waals surface area contributed by atoms with Crippen molar-refractivity contribution in [3.05, 3.63) is 70.2 Å². The van der Waals surface area contributed by atoms with Gasteiger partial charge < -0.3 is 4.57 Å². The number of hydrazine groups is 1. The third-order valence-corrected chi connectivity index (χ3v) is 5.14. The molecular weight excluding hydrogens is 379 g/mol. The number of hydrogen-bond donors (Lipinski definition) is 2. The summed E-state index contributed by atoms with van der Waals surface area (Å²) in [6.45, 7) is 0. The van der Waals surface area contributed by atoms with Crippen molar-refractivity contribution in [1.29, 1.82) is 0 Å². The largest absolute Gasteiger partial charge is 0.350 e. The molecule has 1 aromatic heterocycles. The Morgan fingerprint density at radius 1 is 1.22 bits per heavy atom. The fraction of sp³-hybridized carbons (Fsp3) is 0.0625. The molecule has 0 spiro atoms. The van der Waals surface area contributed by atoms with E-state index in [1.807, 2.05) is 5.43 Å². The van der Waals surface area contributed by atoms with Gasteiger partial charge in [0.1, 0.15) is 5.82 Å². The number of aryl methyl sites for hydroxylation is 1. The van der Waals surface area contributed by atoms with E-state index in [9.17, 15) is 27.7 Å². The molecule has 27 heavy (non-hydrogen) atoms. The molecule has 0 saturated carbocycles. The third-order valence-electron chi connectivity index (χ3n) is 3.85. The summed E-state index contributed by atoms with van der Waals surface area (Å²) in [7, 11) is -2.77. The number of nitrogens with zero attached hydrogens (tertiary/aromatic N) is 2. The van der Waals surface area contributed by atoms with Crippen molar-refractivity contribution >= 4 is 32.5 Å². The van der Waals surface area contributed by atoms with Crippen molar-refractivity contribution in [2.45, 2.75) is 4.90 Å². The Morgan fingerprint density at radius 3 is 2.63 bits per heavy atom. The van der Waals surface area contributed by atoms with E-state index in [1.165, 1.54) is 6.20 Å². The molecule has 1 amide bonds. The summed E-state index contributed by atoms with van der Waals surface area (Å²) in [4.78, 5) is 23.4. The second-order valence-corrected chi connectivity index (χ2v) is 7.25. The predicted octanol–water partition coefficient (Wildman–Crippen LogP) is 1.85. The van der Waals surface area contributed by atoms with Gasteiger partial charge in [-0.2, -0.15) is 0 Å². The number of carbonyl (C=O) groups excluding carboxylic acids is 1. The summed E-state index contributed by atoms with van der Waals surface area (Å²) in [6.07, 6.45) is 1.52. The monoisotopic (exact) mass is 392 g/mol. The first-order valence-corrected chi connectivity index (χ1v) is 8.99. The first-order valence-electron chi connectivity index (χ1n) is 7.51. The molecule has 3 rings (SSSR count). The van der Waals surface area contributed by atoms with Crippen molar-refractivity contribution in [3.8, 4) is 0 Å². The van der Waals surface area contributed by atoms with Gasteiger partial charge in [-0.3, -0.25) is 20.3 Å². The van der Waals surface area contributed by atoms with Crippen molar-refractivity contribution < 1.29 is 22.5 Å². The van der Waals surface area contributed by atoms with Crippen molar-refractivity contribution in [2.24, 2.45) is 7.05 Å². The van der Waals surface area contributed by atoms with Gasteiger partial charge in [-0.05, 0) is 18.2 Å². The maximum absolute atomic E-state index is 13.2. The molecule has 0 aliphatic rings. The molecular formula is C16H13FN4O5S. The van der Waals surface area contributed by atoms with Gasteiger partial charge in [0.15, 0.2) is 4.90 Å². The molecule has 140 valence electrons. The van der Waals surface area contributed by atoms with Gasteiger partial charge in [0.25, 0.3) is 21.6 Å². The second-order valence-electron chi connectivity index (χ2n) is 5.60. The number of carbonyl (C=O) groups is 1. The molecule has 0 fully saturated rings. The number of nitro groups is 1. The van der Waals surface area contributed by atoms with Gasteiger partial charge in [-0.1, -0.05) is 18.2 Å². The zero-order chi connectivity index (χ0) is 19.8. The highest BCUT2D eigenvalue weighted by atomic mass is 32.2.